The molecule has 0 spiro atoms. The largest absolute Gasteiger partial charge is 0.330 e. The second-order valence-electron chi connectivity index (χ2n) is 5.22. The number of hydrogen-bond acceptors (Lipinski definition) is 2. The number of nitrogens with zero attached hydrogens (tertiary/aromatic N) is 1. The van der Waals surface area contributed by atoms with E-state index in [1.54, 1.807) is 0 Å². The summed E-state index contributed by atoms with van der Waals surface area (Å²) in [6.45, 7) is 9.06. The summed E-state index contributed by atoms with van der Waals surface area (Å²) in [4.78, 5) is 2.68. The van der Waals surface area contributed by atoms with Crippen molar-refractivity contribution >= 4 is 0 Å². The Hall–Kier alpha value is -0.0800. The van der Waals surface area contributed by atoms with E-state index < -0.39 is 0 Å². The zero-order valence-corrected chi connectivity index (χ0v) is 10.7. The average molecular weight is 212 g/mol. The molecule has 0 radical (unpaired) electrons. The monoisotopic (exact) mass is 212 g/mol. The van der Waals surface area contributed by atoms with Gasteiger partial charge in [-0.25, -0.2) is 0 Å². The molecule has 1 unspecified atom stereocenters. The summed E-state index contributed by atoms with van der Waals surface area (Å²) in [7, 11) is 0. The van der Waals surface area contributed by atoms with Crippen molar-refractivity contribution in [2.75, 3.05) is 13.1 Å². The molecule has 90 valence electrons. The van der Waals surface area contributed by atoms with Crippen LogP contribution in [0.3, 0.4) is 0 Å². The summed E-state index contributed by atoms with van der Waals surface area (Å²) in [5, 5.41) is 0. The summed E-state index contributed by atoms with van der Waals surface area (Å²) in [6.07, 6.45) is 6.69. The molecule has 2 heteroatoms. The van der Waals surface area contributed by atoms with Crippen LogP contribution in [0, 0.1) is 5.92 Å². The second kappa shape index (κ2) is 6.49. The lowest BCUT2D eigenvalue weighted by molar-refractivity contribution is 0.0833. The first-order chi connectivity index (χ1) is 7.19. The minimum absolute atomic E-state index is 0.706. The molecule has 1 heterocycles. The number of hydrogen-bond donors (Lipinski definition) is 1. The Morgan fingerprint density at radius 2 is 1.87 bits per heavy atom. The van der Waals surface area contributed by atoms with Crippen molar-refractivity contribution in [2.24, 2.45) is 11.7 Å². The normalized spacial score (nSPS) is 30.4. The van der Waals surface area contributed by atoms with Crippen molar-refractivity contribution in [3.05, 3.63) is 0 Å². The first kappa shape index (κ1) is 13.0. The number of rotatable bonds is 5. The van der Waals surface area contributed by atoms with Gasteiger partial charge in [0.25, 0.3) is 0 Å². The maximum Gasteiger partial charge on any atom is 0.00698 e. The van der Waals surface area contributed by atoms with Gasteiger partial charge in [0, 0.05) is 18.6 Å². The van der Waals surface area contributed by atoms with Gasteiger partial charge in [0.15, 0.2) is 0 Å². The molecule has 1 aliphatic heterocycles. The van der Waals surface area contributed by atoms with E-state index in [0.717, 1.165) is 18.6 Å². The molecule has 3 atom stereocenters. The lowest BCUT2D eigenvalue weighted by atomic mass is 9.94. The van der Waals surface area contributed by atoms with Gasteiger partial charge in [-0.15, -0.1) is 0 Å². The third-order valence-corrected chi connectivity index (χ3v) is 3.88. The zero-order valence-electron chi connectivity index (χ0n) is 10.7. The van der Waals surface area contributed by atoms with Gasteiger partial charge in [-0.3, -0.25) is 4.90 Å². The first-order valence-electron chi connectivity index (χ1n) is 6.64. The Morgan fingerprint density at radius 1 is 1.27 bits per heavy atom. The van der Waals surface area contributed by atoms with E-state index in [-0.39, 0.29) is 0 Å². The fourth-order valence-electron chi connectivity index (χ4n) is 2.82. The van der Waals surface area contributed by atoms with Crippen molar-refractivity contribution in [2.45, 2.75) is 65.0 Å². The van der Waals surface area contributed by atoms with Gasteiger partial charge in [0.05, 0.1) is 0 Å². The fraction of sp³-hybridized carbons (Fsp3) is 1.00. The van der Waals surface area contributed by atoms with Crippen LogP contribution in [0.2, 0.25) is 0 Å². The average Bonchev–Trinajstić information content (AvgIpc) is 2.22. The number of nitrogens with two attached hydrogens (primary N) is 1. The van der Waals surface area contributed by atoms with E-state index >= 15 is 0 Å². The molecule has 15 heavy (non-hydrogen) atoms. The van der Waals surface area contributed by atoms with Crippen molar-refractivity contribution < 1.29 is 0 Å². The van der Waals surface area contributed by atoms with Crippen molar-refractivity contribution in [1.29, 1.82) is 0 Å². The second-order valence-corrected chi connectivity index (χ2v) is 5.22. The Labute approximate surface area is 95.2 Å². The van der Waals surface area contributed by atoms with Crippen LogP contribution < -0.4 is 5.73 Å². The minimum Gasteiger partial charge on any atom is -0.330 e. The van der Waals surface area contributed by atoms with Crippen LogP contribution in [-0.4, -0.2) is 30.1 Å². The Morgan fingerprint density at radius 3 is 2.33 bits per heavy atom. The summed E-state index contributed by atoms with van der Waals surface area (Å²) >= 11 is 0. The van der Waals surface area contributed by atoms with Gasteiger partial charge in [0.2, 0.25) is 0 Å². The molecule has 2 N–H and O–H groups in total. The molecule has 0 aromatic heterocycles. The molecule has 0 bridgehead atoms. The number of likely N-dealkylation sites (tertiary alicyclic amines) is 1. The lowest BCUT2D eigenvalue weighted by Gasteiger charge is -2.40. The van der Waals surface area contributed by atoms with E-state index in [1.165, 1.54) is 38.6 Å². The highest BCUT2D eigenvalue weighted by Crippen LogP contribution is 2.24. The molecular weight excluding hydrogens is 184 g/mol. The molecule has 1 rings (SSSR count). The summed E-state index contributed by atoms with van der Waals surface area (Å²) in [5.41, 5.74) is 5.84. The minimum atomic E-state index is 0.706. The molecule has 1 saturated heterocycles. The maximum absolute atomic E-state index is 5.84. The Kier molecular flexibility index (Phi) is 5.62. The van der Waals surface area contributed by atoms with Crippen molar-refractivity contribution in [1.82, 2.24) is 4.90 Å². The quantitative estimate of drug-likeness (QED) is 0.759. The van der Waals surface area contributed by atoms with E-state index in [1.807, 2.05) is 0 Å². The third kappa shape index (κ3) is 3.76. The number of piperidine rings is 1. The highest BCUT2D eigenvalue weighted by molar-refractivity contribution is 4.81. The molecule has 0 aromatic rings. The predicted molar refractivity (Wildman–Crippen MR) is 66.9 cm³/mol. The van der Waals surface area contributed by atoms with Crippen LogP contribution in [0.5, 0.6) is 0 Å². The van der Waals surface area contributed by atoms with Gasteiger partial charge in [-0.1, -0.05) is 19.8 Å². The van der Waals surface area contributed by atoms with E-state index in [0.29, 0.717) is 5.92 Å². The summed E-state index contributed by atoms with van der Waals surface area (Å²) < 4.78 is 0. The van der Waals surface area contributed by atoms with Crippen LogP contribution in [0.1, 0.15) is 52.9 Å². The van der Waals surface area contributed by atoms with Crippen molar-refractivity contribution in [3.63, 3.8) is 0 Å². The molecule has 1 aliphatic rings. The Balaban J connectivity index is 2.45. The van der Waals surface area contributed by atoms with Crippen LogP contribution in [0.15, 0.2) is 0 Å². The van der Waals surface area contributed by atoms with E-state index in [9.17, 15) is 0 Å². The fourth-order valence-corrected chi connectivity index (χ4v) is 2.82. The molecule has 0 aromatic carbocycles. The van der Waals surface area contributed by atoms with E-state index in [2.05, 4.69) is 25.7 Å². The lowest BCUT2D eigenvalue weighted by Crippen LogP contribution is -2.47. The zero-order chi connectivity index (χ0) is 11.3. The standard InChI is InChI=1S/C13H28N2/c1-4-6-13(9-14)10-15-11(2)7-5-8-12(15)3/h11-13H,4-10,14H2,1-3H3/t11-,12+,13?. The van der Waals surface area contributed by atoms with Gasteiger partial charge in [-0.05, 0) is 45.6 Å². The van der Waals surface area contributed by atoms with Gasteiger partial charge < -0.3 is 5.73 Å². The predicted octanol–water partition coefficient (Wildman–Crippen LogP) is 2.62. The van der Waals surface area contributed by atoms with Crippen molar-refractivity contribution in [3.8, 4) is 0 Å². The Bertz CT molecular complexity index is 160. The van der Waals surface area contributed by atoms with Crippen LogP contribution in [-0.2, 0) is 0 Å². The van der Waals surface area contributed by atoms with Gasteiger partial charge in [-0.2, -0.15) is 0 Å². The summed E-state index contributed by atoms with van der Waals surface area (Å²) in [5.74, 6) is 0.706. The molecule has 1 fully saturated rings. The van der Waals surface area contributed by atoms with E-state index in [4.69, 9.17) is 5.73 Å². The van der Waals surface area contributed by atoms with Crippen LogP contribution in [0.25, 0.3) is 0 Å². The first-order valence-corrected chi connectivity index (χ1v) is 6.64. The van der Waals surface area contributed by atoms with Gasteiger partial charge in [0.1, 0.15) is 0 Å². The molecular formula is C13H28N2. The topological polar surface area (TPSA) is 29.3 Å². The highest BCUT2D eigenvalue weighted by atomic mass is 15.2. The molecule has 0 amide bonds. The highest BCUT2D eigenvalue weighted by Gasteiger charge is 2.26. The van der Waals surface area contributed by atoms with Crippen LogP contribution in [0.4, 0.5) is 0 Å². The SMILES string of the molecule is CCCC(CN)CN1[C@H](C)CCC[C@@H]1C. The molecule has 0 aliphatic carbocycles. The van der Waals surface area contributed by atoms with Crippen LogP contribution >= 0.6 is 0 Å². The molecule has 2 nitrogen and oxygen atoms in total. The maximum atomic E-state index is 5.84. The summed E-state index contributed by atoms with van der Waals surface area (Å²) in [6, 6.07) is 1.53. The third-order valence-electron chi connectivity index (χ3n) is 3.88. The molecule has 0 saturated carbocycles. The smallest absolute Gasteiger partial charge is 0.00698 e. The van der Waals surface area contributed by atoms with Gasteiger partial charge >= 0.3 is 0 Å².